The number of benzene rings is 3. The van der Waals surface area contributed by atoms with Crippen LogP contribution in [0.1, 0.15) is 36.7 Å². The van der Waals surface area contributed by atoms with Crippen molar-refractivity contribution in [1.82, 2.24) is 35.7 Å². The Labute approximate surface area is 270 Å². The minimum absolute atomic E-state index is 0.270. The summed E-state index contributed by atoms with van der Waals surface area (Å²) in [5.74, 6) is -0.00618. The molecule has 13 heteroatoms. The molecule has 1 unspecified atom stereocenters. The molecule has 0 fully saturated rings. The van der Waals surface area contributed by atoms with Gasteiger partial charge in [0.25, 0.3) is 0 Å². The highest BCUT2D eigenvalue weighted by atomic mass is 35.5. The van der Waals surface area contributed by atoms with Gasteiger partial charge in [-0.1, -0.05) is 54.1 Å². The van der Waals surface area contributed by atoms with Crippen molar-refractivity contribution in [3.05, 3.63) is 113 Å². The van der Waals surface area contributed by atoms with E-state index in [4.69, 9.17) is 21.1 Å². The Balaban J connectivity index is 1.44. The lowest BCUT2D eigenvalue weighted by Crippen LogP contribution is -2.29. The van der Waals surface area contributed by atoms with Gasteiger partial charge in [0, 0.05) is 27.9 Å². The summed E-state index contributed by atoms with van der Waals surface area (Å²) in [6, 6.07) is 23.5. The van der Waals surface area contributed by atoms with Crippen LogP contribution in [0.2, 0.25) is 5.02 Å². The molecule has 46 heavy (non-hydrogen) atoms. The van der Waals surface area contributed by atoms with Crippen molar-refractivity contribution in [2.24, 2.45) is 0 Å². The molecule has 2 heterocycles. The van der Waals surface area contributed by atoms with Gasteiger partial charge in [-0.2, -0.15) is 4.68 Å². The van der Waals surface area contributed by atoms with Crippen LogP contribution in [-0.4, -0.2) is 55.6 Å². The summed E-state index contributed by atoms with van der Waals surface area (Å²) in [5, 5.41) is 26.4. The van der Waals surface area contributed by atoms with Gasteiger partial charge in [-0.05, 0) is 84.3 Å². The van der Waals surface area contributed by atoms with E-state index in [-0.39, 0.29) is 12.5 Å². The maximum Gasteiger partial charge on any atom is 0.411 e. The third-order valence-corrected chi connectivity index (χ3v) is 6.97. The van der Waals surface area contributed by atoms with Crippen LogP contribution in [0.25, 0.3) is 22.9 Å². The van der Waals surface area contributed by atoms with Crippen LogP contribution in [0.5, 0.6) is 5.88 Å². The molecule has 2 aromatic heterocycles. The number of nitrogens with zero attached hydrogens (tertiary/aromatic N) is 6. The molecule has 5 rings (SSSR count). The summed E-state index contributed by atoms with van der Waals surface area (Å²) >= 11 is 6.25. The van der Waals surface area contributed by atoms with Crippen LogP contribution in [0.15, 0.2) is 91.3 Å². The number of anilines is 1. The van der Waals surface area contributed by atoms with Crippen LogP contribution in [0.3, 0.4) is 0 Å². The molecule has 1 atom stereocenters. The van der Waals surface area contributed by atoms with E-state index >= 15 is 0 Å². The summed E-state index contributed by atoms with van der Waals surface area (Å²) < 4.78 is 12.3. The van der Waals surface area contributed by atoms with Crippen molar-refractivity contribution in [2.45, 2.75) is 26.3 Å². The fourth-order valence-corrected chi connectivity index (χ4v) is 4.82. The van der Waals surface area contributed by atoms with E-state index in [2.05, 4.69) is 36.4 Å². The molecular weight excluding hydrogens is 608 g/mol. The number of carbonyl (C=O) groups excluding carboxylic acids is 2. The average molecular weight is 639 g/mol. The minimum Gasteiger partial charge on any atom is -0.476 e. The first-order valence-corrected chi connectivity index (χ1v) is 14.9. The highest BCUT2D eigenvalue weighted by molar-refractivity contribution is 6.30. The van der Waals surface area contributed by atoms with Crippen molar-refractivity contribution < 1.29 is 19.1 Å². The van der Waals surface area contributed by atoms with Gasteiger partial charge in [-0.15, -0.1) is 15.3 Å². The van der Waals surface area contributed by atoms with Gasteiger partial charge >= 0.3 is 6.09 Å². The predicted molar refractivity (Wildman–Crippen MR) is 174 cm³/mol. The Kier molecular flexibility index (Phi) is 10.6. The van der Waals surface area contributed by atoms with Crippen molar-refractivity contribution >= 4 is 35.4 Å². The number of nitrogens with one attached hydrogen (secondary N) is 2. The Morgan fingerprint density at radius 1 is 0.978 bits per heavy atom. The lowest BCUT2D eigenvalue weighted by Gasteiger charge is -2.19. The quantitative estimate of drug-likeness (QED) is 0.161. The molecule has 0 aliphatic carbocycles. The average Bonchev–Trinajstić information content (AvgIpc) is 3.60. The van der Waals surface area contributed by atoms with E-state index in [0.29, 0.717) is 52.1 Å². The lowest BCUT2D eigenvalue weighted by atomic mass is 10.00. The summed E-state index contributed by atoms with van der Waals surface area (Å²) in [7, 11) is 0. The molecule has 0 aliphatic rings. The van der Waals surface area contributed by atoms with Crippen LogP contribution in [-0.2, 0) is 16.0 Å². The summed E-state index contributed by atoms with van der Waals surface area (Å²) in [6.45, 7) is 4.26. The first kappa shape index (κ1) is 31.8. The molecule has 0 saturated carbocycles. The van der Waals surface area contributed by atoms with Gasteiger partial charge in [0.2, 0.25) is 11.8 Å². The third-order valence-electron chi connectivity index (χ3n) is 6.73. The molecule has 0 aliphatic heterocycles. The monoisotopic (exact) mass is 638 g/mol. The zero-order valence-electron chi connectivity index (χ0n) is 25.1. The molecule has 5 aromatic rings. The van der Waals surface area contributed by atoms with Crippen LogP contribution in [0, 0.1) is 0 Å². The Morgan fingerprint density at radius 3 is 2.50 bits per heavy atom. The standard InChI is InChI=1S/C33H31ClN8O4/c1-3-45-32-27(23-10-14-26(15-11-23)36-33(44)46-4-2)20-29(38-39-32)28(18-22-8-6-5-7-9-22)37-31(43)17-12-24-19-25(34)13-16-30(24)42-21-35-40-41-42/h5-17,19-21,28H,3-4,18H2,1-2H3,(H,36,44)(H,37,43). The van der Waals surface area contributed by atoms with Crippen molar-refractivity contribution in [3.8, 4) is 22.7 Å². The van der Waals surface area contributed by atoms with Gasteiger partial charge in [0.1, 0.15) is 6.33 Å². The van der Waals surface area contributed by atoms with Crippen LogP contribution in [0.4, 0.5) is 10.5 Å². The number of ether oxygens (including phenoxy) is 2. The summed E-state index contributed by atoms with van der Waals surface area (Å²) in [6.07, 6.45) is 4.46. The lowest BCUT2D eigenvalue weighted by molar-refractivity contribution is -0.117. The number of amides is 2. The van der Waals surface area contributed by atoms with Gasteiger partial charge in [0.05, 0.1) is 30.6 Å². The normalized spacial score (nSPS) is 11.6. The number of tetrazole rings is 1. The SMILES string of the molecule is CCOC(=O)Nc1ccc(-c2cc(C(Cc3ccccc3)NC(=O)C=Cc3cc(Cl)ccc3-n3cnnn3)nnc2OCC)cc1. The molecule has 2 amide bonds. The van der Waals surface area contributed by atoms with Gasteiger partial charge < -0.3 is 14.8 Å². The Hall–Kier alpha value is -5.62. The van der Waals surface area contributed by atoms with Crippen molar-refractivity contribution in [1.29, 1.82) is 0 Å². The van der Waals surface area contributed by atoms with Gasteiger partial charge in [-0.3, -0.25) is 10.1 Å². The predicted octanol–water partition coefficient (Wildman–Crippen LogP) is 5.85. The second-order valence-electron chi connectivity index (χ2n) is 9.89. The number of aromatic nitrogens is 6. The first-order valence-electron chi connectivity index (χ1n) is 14.5. The van der Waals surface area contributed by atoms with Gasteiger partial charge in [-0.25, -0.2) is 4.79 Å². The maximum atomic E-state index is 13.4. The molecule has 234 valence electrons. The number of carbonyl (C=O) groups is 2. The molecule has 0 radical (unpaired) electrons. The fourth-order valence-electron chi connectivity index (χ4n) is 4.64. The molecule has 0 bridgehead atoms. The van der Waals surface area contributed by atoms with E-state index in [1.807, 2.05) is 55.5 Å². The van der Waals surface area contributed by atoms with E-state index in [9.17, 15) is 9.59 Å². The fraction of sp³-hybridized carbons (Fsp3) is 0.182. The first-order chi connectivity index (χ1) is 22.4. The second kappa shape index (κ2) is 15.4. The molecule has 0 saturated heterocycles. The molecule has 2 N–H and O–H groups in total. The third kappa shape index (κ3) is 8.30. The van der Waals surface area contributed by atoms with Crippen molar-refractivity contribution in [2.75, 3.05) is 18.5 Å². The Morgan fingerprint density at radius 2 is 1.78 bits per heavy atom. The number of hydrogen-bond donors (Lipinski definition) is 2. The van der Waals surface area contributed by atoms with Crippen LogP contribution >= 0.6 is 11.6 Å². The topological polar surface area (TPSA) is 146 Å². The number of rotatable bonds is 12. The Bertz CT molecular complexity index is 1800. The summed E-state index contributed by atoms with van der Waals surface area (Å²) in [5.41, 5.74) is 4.89. The highest BCUT2D eigenvalue weighted by Gasteiger charge is 2.20. The zero-order valence-corrected chi connectivity index (χ0v) is 25.9. The van der Waals surface area contributed by atoms with Crippen LogP contribution < -0.4 is 15.4 Å². The second-order valence-corrected chi connectivity index (χ2v) is 10.3. The largest absolute Gasteiger partial charge is 0.476 e. The highest BCUT2D eigenvalue weighted by Crippen LogP contribution is 2.31. The summed E-state index contributed by atoms with van der Waals surface area (Å²) in [4.78, 5) is 25.2. The van der Waals surface area contributed by atoms with E-state index in [1.54, 1.807) is 43.3 Å². The smallest absolute Gasteiger partial charge is 0.411 e. The zero-order chi connectivity index (χ0) is 32.3. The number of hydrogen-bond acceptors (Lipinski definition) is 9. The minimum atomic E-state index is -0.537. The van der Waals surface area contributed by atoms with Gasteiger partial charge in [0.15, 0.2) is 0 Å². The molecule has 0 spiro atoms. The molecule has 12 nitrogen and oxygen atoms in total. The van der Waals surface area contributed by atoms with E-state index in [0.717, 1.165) is 11.1 Å². The molecule has 3 aromatic carbocycles. The molecular formula is C33H31ClN8O4. The van der Waals surface area contributed by atoms with Crippen molar-refractivity contribution in [3.63, 3.8) is 0 Å². The number of halogens is 1. The van der Waals surface area contributed by atoms with E-state index in [1.165, 1.54) is 17.1 Å². The maximum absolute atomic E-state index is 13.4. The van der Waals surface area contributed by atoms with E-state index < -0.39 is 12.1 Å².